The van der Waals surface area contributed by atoms with Gasteiger partial charge in [-0.15, -0.1) is 0 Å². The van der Waals surface area contributed by atoms with Gasteiger partial charge in [0.25, 0.3) is 5.91 Å². The lowest BCUT2D eigenvalue weighted by Crippen LogP contribution is -2.41. The van der Waals surface area contributed by atoms with Crippen LogP contribution in [0.25, 0.3) is 0 Å². The molecule has 164 valence electrons. The zero-order chi connectivity index (χ0) is 21.8. The van der Waals surface area contributed by atoms with E-state index in [2.05, 4.69) is 4.98 Å². The Bertz CT molecular complexity index is 1010. The predicted octanol–water partition coefficient (Wildman–Crippen LogP) is 5.52. The van der Waals surface area contributed by atoms with E-state index in [0.717, 1.165) is 38.2 Å². The van der Waals surface area contributed by atoms with Gasteiger partial charge in [0.05, 0.1) is 18.4 Å². The standard InChI is InChI=1S/C23H24F3N3O2/c24-23(25,26)19-10-5-4-7-17(19)15-28-13-12-27-21(28)16-29(18-8-2-1-3-9-18)22(30)20-11-6-14-31-20/h4-7,10-14,18H,1-3,8-9,15-16H2. The Hall–Kier alpha value is -3.03. The Balaban J connectivity index is 1.60. The van der Waals surface area contributed by atoms with Crippen LogP contribution in [0.5, 0.6) is 0 Å². The van der Waals surface area contributed by atoms with Gasteiger partial charge in [-0.05, 0) is 36.6 Å². The second-order valence-corrected chi connectivity index (χ2v) is 7.83. The monoisotopic (exact) mass is 431 g/mol. The third-order valence-corrected chi connectivity index (χ3v) is 5.79. The Morgan fingerprint density at radius 3 is 2.61 bits per heavy atom. The van der Waals surface area contributed by atoms with Crippen molar-refractivity contribution in [3.63, 3.8) is 0 Å². The van der Waals surface area contributed by atoms with E-state index in [1.165, 1.54) is 18.4 Å². The van der Waals surface area contributed by atoms with Crippen molar-refractivity contribution in [3.05, 3.63) is 77.8 Å². The topological polar surface area (TPSA) is 51.3 Å². The number of furan rings is 1. The summed E-state index contributed by atoms with van der Waals surface area (Å²) in [5.41, 5.74) is -0.499. The van der Waals surface area contributed by atoms with Crippen LogP contribution in [0, 0.1) is 0 Å². The Morgan fingerprint density at radius 2 is 1.90 bits per heavy atom. The van der Waals surface area contributed by atoms with Gasteiger partial charge in [0.15, 0.2) is 5.76 Å². The minimum atomic E-state index is -4.43. The molecular weight excluding hydrogens is 407 g/mol. The van der Waals surface area contributed by atoms with Crippen molar-refractivity contribution in [2.75, 3.05) is 0 Å². The summed E-state index contributed by atoms with van der Waals surface area (Å²) >= 11 is 0. The van der Waals surface area contributed by atoms with Crippen LogP contribution in [0.15, 0.2) is 59.5 Å². The maximum absolute atomic E-state index is 13.4. The van der Waals surface area contributed by atoms with Crippen molar-refractivity contribution in [1.82, 2.24) is 14.5 Å². The molecule has 0 N–H and O–H groups in total. The number of halogens is 3. The highest BCUT2D eigenvalue weighted by atomic mass is 19.4. The molecule has 0 bridgehead atoms. The average molecular weight is 431 g/mol. The van der Waals surface area contributed by atoms with E-state index >= 15 is 0 Å². The van der Waals surface area contributed by atoms with Gasteiger partial charge in [-0.1, -0.05) is 37.5 Å². The smallest absolute Gasteiger partial charge is 0.416 e. The summed E-state index contributed by atoms with van der Waals surface area (Å²) in [6.07, 6.45) is 5.25. The number of carbonyl (C=O) groups is 1. The molecule has 0 radical (unpaired) electrons. The van der Waals surface area contributed by atoms with Gasteiger partial charge < -0.3 is 13.9 Å². The largest absolute Gasteiger partial charge is 0.459 e. The molecule has 2 aromatic heterocycles. The van der Waals surface area contributed by atoms with Crippen molar-refractivity contribution in [1.29, 1.82) is 0 Å². The summed E-state index contributed by atoms with van der Waals surface area (Å²) in [4.78, 5) is 19.2. The van der Waals surface area contributed by atoms with Gasteiger partial charge >= 0.3 is 6.18 Å². The van der Waals surface area contributed by atoms with E-state index in [9.17, 15) is 18.0 Å². The highest BCUT2D eigenvalue weighted by molar-refractivity contribution is 5.91. The summed E-state index contributed by atoms with van der Waals surface area (Å²) in [6, 6.07) is 8.88. The molecule has 5 nitrogen and oxygen atoms in total. The van der Waals surface area contributed by atoms with E-state index in [1.807, 2.05) is 0 Å². The van der Waals surface area contributed by atoms with Crippen molar-refractivity contribution in [2.24, 2.45) is 0 Å². The molecule has 2 heterocycles. The van der Waals surface area contributed by atoms with Crippen LogP contribution >= 0.6 is 0 Å². The quantitative estimate of drug-likeness (QED) is 0.517. The summed E-state index contributed by atoms with van der Waals surface area (Å²) < 4.78 is 47.2. The Morgan fingerprint density at radius 1 is 1.13 bits per heavy atom. The third kappa shape index (κ3) is 4.84. The number of aromatic nitrogens is 2. The number of benzene rings is 1. The number of amides is 1. The van der Waals surface area contributed by atoms with E-state index in [-0.39, 0.29) is 36.4 Å². The van der Waals surface area contributed by atoms with Crippen LogP contribution < -0.4 is 0 Å². The highest BCUT2D eigenvalue weighted by Crippen LogP contribution is 2.32. The van der Waals surface area contributed by atoms with Gasteiger partial charge in [-0.3, -0.25) is 4.79 Å². The molecule has 1 aliphatic carbocycles. The molecule has 3 aromatic rings. The van der Waals surface area contributed by atoms with Gasteiger partial charge in [0, 0.05) is 25.0 Å². The minimum absolute atomic E-state index is 0.0263. The molecule has 1 aromatic carbocycles. The maximum Gasteiger partial charge on any atom is 0.416 e. The summed E-state index contributed by atoms with van der Waals surface area (Å²) in [5.74, 6) is 0.579. The summed E-state index contributed by atoms with van der Waals surface area (Å²) in [6.45, 7) is 0.240. The zero-order valence-electron chi connectivity index (χ0n) is 17.0. The van der Waals surface area contributed by atoms with Crippen LogP contribution in [0.2, 0.25) is 0 Å². The molecule has 31 heavy (non-hydrogen) atoms. The SMILES string of the molecule is O=C(c1ccco1)N(Cc1nccn1Cc1ccccc1C(F)(F)F)C1CCCCC1. The molecule has 0 saturated heterocycles. The first-order valence-corrected chi connectivity index (χ1v) is 10.4. The predicted molar refractivity (Wildman–Crippen MR) is 108 cm³/mol. The number of imidazole rings is 1. The van der Waals surface area contributed by atoms with Crippen LogP contribution in [0.1, 0.15) is 59.6 Å². The van der Waals surface area contributed by atoms with Crippen molar-refractivity contribution in [3.8, 4) is 0 Å². The van der Waals surface area contributed by atoms with Crippen molar-refractivity contribution in [2.45, 2.75) is 57.4 Å². The fourth-order valence-electron chi connectivity index (χ4n) is 4.21. The van der Waals surface area contributed by atoms with Crippen LogP contribution in [0.4, 0.5) is 13.2 Å². The second-order valence-electron chi connectivity index (χ2n) is 7.83. The lowest BCUT2D eigenvalue weighted by Gasteiger charge is -2.33. The number of hydrogen-bond donors (Lipinski definition) is 0. The van der Waals surface area contributed by atoms with Crippen LogP contribution in [-0.2, 0) is 19.3 Å². The lowest BCUT2D eigenvalue weighted by molar-refractivity contribution is -0.138. The van der Waals surface area contributed by atoms with Crippen molar-refractivity contribution < 1.29 is 22.4 Å². The Kier molecular flexibility index (Phi) is 6.15. The van der Waals surface area contributed by atoms with Gasteiger partial charge in [-0.2, -0.15) is 13.2 Å². The molecule has 4 rings (SSSR count). The summed E-state index contributed by atoms with van der Waals surface area (Å²) in [5, 5.41) is 0. The molecule has 1 aliphatic rings. The molecule has 0 aliphatic heterocycles. The molecule has 0 unspecified atom stereocenters. The van der Waals surface area contributed by atoms with Gasteiger partial charge in [0.1, 0.15) is 5.82 Å². The van der Waals surface area contributed by atoms with Gasteiger partial charge in [0.2, 0.25) is 0 Å². The first-order valence-electron chi connectivity index (χ1n) is 10.4. The Labute approximate surface area is 178 Å². The van der Waals surface area contributed by atoms with Crippen LogP contribution in [0.3, 0.4) is 0 Å². The highest BCUT2D eigenvalue weighted by Gasteiger charge is 2.33. The maximum atomic E-state index is 13.4. The zero-order valence-corrected chi connectivity index (χ0v) is 17.0. The minimum Gasteiger partial charge on any atom is -0.459 e. The fourth-order valence-corrected chi connectivity index (χ4v) is 4.21. The second kappa shape index (κ2) is 8.99. The van der Waals surface area contributed by atoms with E-state index < -0.39 is 11.7 Å². The number of carbonyl (C=O) groups excluding carboxylic acids is 1. The third-order valence-electron chi connectivity index (χ3n) is 5.79. The summed E-state index contributed by atoms with van der Waals surface area (Å²) in [7, 11) is 0. The number of hydrogen-bond acceptors (Lipinski definition) is 3. The van der Waals surface area contributed by atoms with E-state index in [4.69, 9.17) is 4.42 Å². The first kappa shape index (κ1) is 21.2. The molecule has 8 heteroatoms. The molecular formula is C23H24F3N3O2. The number of nitrogens with zero attached hydrogens (tertiary/aromatic N) is 3. The first-order chi connectivity index (χ1) is 14.9. The number of rotatable bonds is 6. The molecule has 0 spiro atoms. The van der Waals surface area contributed by atoms with Gasteiger partial charge in [-0.25, -0.2) is 4.98 Å². The van der Waals surface area contributed by atoms with Crippen LogP contribution in [-0.4, -0.2) is 26.4 Å². The van der Waals surface area contributed by atoms with E-state index in [1.54, 1.807) is 40.1 Å². The lowest BCUT2D eigenvalue weighted by atomic mass is 9.94. The molecule has 1 fully saturated rings. The average Bonchev–Trinajstić information content (AvgIpc) is 3.44. The molecule has 0 atom stereocenters. The normalized spacial score (nSPS) is 15.2. The number of alkyl halides is 3. The fraction of sp³-hybridized carbons (Fsp3) is 0.391. The van der Waals surface area contributed by atoms with Crippen molar-refractivity contribution >= 4 is 5.91 Å². The molecule has 1 amide bonds. The molecule has 1 saturated carbocycles. The van der Waals surface area contributed by atoms with E-state index in [0.29, 0.717) is 5.82 Å².